The summed E-state index contributed by atoms with van der Waals surface area (Å²) in [6.07, 6.45) is 0. The highest BCUT2D eigenvalue weighted by atomic mass is 79.9. The minimum atomic E-state index is 0.716. The summed E-state index contributed by atoms with van der Waals surface area (Å²) >= 11 is 9.54. The van der Waals surface area contributed by atoms with E-state index in [1.807, 2.05) is 18.2 Å². The third-order valence-corrected chi connectivity index (χ3v) is 5.12. The lowest BCUT2D eigenvalue weighted by Gasteiger charge is -2.10. The van der Waals surface area contributed by atoms with E-state index >= 15 is 0 Å². The number of hydrogen-bond donors (Lipinski definition) is 1. The van der Waals surface area contributed by atoms with Crippen LogP contribution < -0.4 is 5.32 Å². The molecule has 0 aliphatic rings. The zero-order chi connectivity index (χ0) is 15.0. The van der Waals surface area contributed by atoms with Gasteiger partial charge >= 0.3 is 0 Å². The highest BCUT2D eigenvalue weighted by Crippen LogP contribution is 2.27. The van der Waals surface area contributed by atoms with Crippen LogP contribution in [0.5, 0.6) is 0 Å². The maximum Gasteiger partial charge on any atom is 0.0568 e. The van der Waals surface area contributed by atoms with Gasteiger partial charge in [0.25, 0.3) is 0 Å². The molecule has 0 aliphatic heterocycles. The molecule has 0 spiro atoms. The predicted octanol–water partition coefficient (Wildman–Crippen LogP) is 5.51. The van der Waals surface area contributed by atoms with Crippen LogP contribution in [0.1, 0.15) is 11.3 Å². The van der Waals surface area contributed by atoms with Gasteiger partial charge in [0.2, 0.25) is 0 Å². The molecule has 2 nitrogen and oxygen atoms in total. The average Bonchev–Trinajstić information content (AvgIpc) is 2.73. The van der Waals surface area contributed by atoms with Gasteiger partial charge in [-0.05, 0) is 52.7 Å². The van der Waals surface area contributed by atoms with Crippen molar-refractivity contribution in [1.29, 1.82) is 0 Å². The molecule has 4 heteroatoms. The van der Waals surface area contributed by atoms with Crippen LogP contribution in [-0.2, 0) is 13.6 Å². The fourth-order valence-electron chi connectivity index (χ4n) is 2.68. The highest BCUT2D eigenvalue weighted by Gasteiger charge is 2.10. The number of anilines is 1. The third kappa shape index (κ3) is 2.68. The first-order valence-electron chi connectivity index (χ1n) is 6.79. The molecule has 1 N–H and O–H groups in total. The molecule has 21 heavy (non-hydrogen) atoms. The van der Waals surface area contributed by atoms with E-state index in [-0.39, 0.29) is 0 Å². The van der Waals surface area contributed by atoms with E-state index in [1.165, 1.54) is 22.2 Å². The van der Waals surface area contributed by atoms with Crippen LogP contribution in [-0.4, -0.2) is 4.57 Å². The van der Waals surface area contributed by atoms with Crippen molar-refractivity contribution < 1.29 is 0 Å². The van der Waals surface area contributed by atoms with E-state index in [0.717, 1.165) is 16.7 Å². The summed E-state index contributed by atoms with van der Waals surface area (Å²) in [7, 11) is 2.11. The number of nitrogens with one attached hydrogen (secondary N) is 1. The molecule has 0 radical (unpaired) electrons. The number of aromatic nitrogens is 1. The maximum absolute atomic E-state index is 6.13. The van der Waals surface area contributed by atoms with Crippen LogP contribution in [0.25, 0.3) is 10.9 Å². The Morgan fingerprint density at radius 3 is 2.67 bits per heavy atom. The maximum atomic E-state index is 6.13. The first-order chi connectivity index (χ1) is 10.1. The minimum absolute atomic E-state index is 0.716. The second-order valence-electron chi connectivity index (χ2n) is 5.13. The third-order valence-electron chi connectivity index (χ3n) is 3.89. The van der Waals surface area contributed by atoms with Gasteiger partial charge in [-0.25, -0.2) is 0 Å². The molecule has 0 aliphatic carbocycles. The summed E-state index contributed by atoms with van der Waals surface area (Å²) in [6.45, 7) is 2.95. The molecule has 0 unspecified atom stereocenters. The smallest absolute Gasteiger partial charge is 0.0568 e. The van der Waals surface area contributed by atoms with E-state index in [0.29, 0.717) is 5.02 Å². The zero-order valence-corrected chi connectivity index (χ0v) is 14.3. The summed E-state index contributed by atoms with van der Waals surface area (Å²) in [6, 6.07) is 14.4. The molecule has 0 saturated heterocycles. The molecule has 0 atom stereocenters. The van der Waals surface area contributed by atoms with Crippen LogP contribution in [0, 0.1) is 6.92 Å². The number of benzene rings is 2. The predicted molar refractivity (Wildman–Crippen MR) is 94.1 cm³/mol. The van der Waals surface area contributed by atoms with Gasteiger partial charge in [-0.3, -0.25) is 0 Å². The van der Waals surface area contributed by atoms with Gasteiger partial charge in [0.15, 0.2) is 0 Å². The standard InChI is InChI=1S/C17H16BrClN2/c1-11-13-5-3-4-6-16(13)21(2)17(11)10-20-12-7-8-14(18)15(19)9-12/h3-9,20H,10H2,1-2H3. The number of hydrogen-bond acceptors (Lipinski definition) is 1. The molecule has 0 bridgehead atoms. The fourth-order valence-corrected chi connectivity index (χ4v) is 3.11. The monoisotopic (exact) mass is 362 g/mol. The van der Waals surface area contributed by atoms with Gasteiger partial charge in [0.05, 0.1) is 11.6 Å². The molecular weight excluding hydrogens is 348 g/mol. The Labute approximate surface area is 137 Å². The number of rotatable bonds is 3. The van der Waals surface area contributed by atoms with Crippen molar-refractivity contribution in [2.24, 2.45) is 7.05 Å². The van der Waals surface area contributed by atoms with Crippen LogP contribution >= 0.6 is 27.5 Å². The normalized spacial score (nSPS) is 11.0. The van der Waals surface area contributed by atoms with Crippen molar-refractivity contribution >= 4 is 44.1 Å². The zero-order valence-electron chi connectivity index (χ0n) is 12.0. The van der Waals surface area contributed by atoms with Crippen molar-refractivity contribution in [3.63, 3.8) is 0 Å². The lowest BCUT2D eigenvalue weighted by atomic mass is 10.1. The van der Waals surface area contributed by atoms with E-state index in [2.05, 4.69) is 64.1 Å². The molecule has 1 heterocycles. The van der Waals surface area contributed by atoms with Gasteiger partial charge < -0.3 is 9.88 Å². The molecule has 3 aromatic rings. The van der Waals surface area contributed by atoms with Crippen molar-refractivity contribution in [3.8, 4) is 0 Å². The highest BCUT2D eigenvalue weighted by molar-refractivity contribution is 9.10. The number of aryl methyl sites for hydroxylation is 2. The minimum Gasteiger partial charge on any atom is -0.379 e. The van der Waals surface area contributed by atoms with E-state index in [9.17, 15) is 0 Å². The van der Waals surface area contributed by atoms with Gasteiger partial charge in [0, 0.05) is 33.8 Å². The lowest BCUT2D eigenvalue weighted by molar-refractivity contribution is 0.862. The van der Waals surface area contributed by atoms with Crippen LogP contribution in [0.4, 0.5) is 5.69 Å². The van der Waals surface area contributed by atoms with Gasteiger partial charge in [0.1, 0.15) is 0 Å². The Morgan fingerprint density at radius 2 is 1.95 bits per heavy atom. The lowest BCUT2D eigenvalue weighted by Crippen LogP contribution is -2.05. The van der Waals surface area contributed by atoms with Crippen LogP contribution in [0.15, 0.2) is 46.9 Å². The van der Waals surface area contributed by atoms with Gasteiger partial charge in [-0.1, -0.05) is 29.8 Å². The molecular formula is C17H16BrClN2. The first kappa shape index (κ1) is 14.5. The first-order valence-corrected chi connectivity index (χ1v) is 7.97. The topological polar surface area (TPSA) is 17.0 Å². The quantitative estimate of drug-likeness (QED) is 0.649. The van der Waals surface area contributed by atoms with Crippen molar-refractivity contribution in [2.75, 3.05) is 5.32 Å². The van der Waals surface area contributed by atoms with Crippen molar-refractivity contribution in [1.82, 2.24) is 4.57 Å². The Morgan fingerprint density at radius 1 is 1.19 bits per heavy atom. The Bertz CT molecular complexity index is 769. The Balaban J connectivity index is 1.90. The van der Waals surface area contributed by atoms with E-state index in [1.54, 1.807) is 0 Å². The summed E-state index contributed by atoms with van der Waals surface area (Å²) in [4.78, 5) is 0. The van der Waals surface area contributed by atoms with E-state index in [4.69, 9.17) is 11.6 Å². The summed E-state index contributed by atoms with van der Waals surface area (Å²) in [5.41, 5.74) is 4.90. The van der Waals surface area contributed by atoms with Crippen LogP contribution in [0.3, 0.4) is 0 Å². The summed E-state index contributed by atoms with van der Waals surface area (Å²) in [5.74, 6) is 0. The van der Waals surface area contributed by atoms with Crippen molar-refractivity contribution in [3.05, 3.63) is 63.2 Å². The molecule has 0 amide bonds. The molecule has 0 saturated carbocycles. The fraction of sp³-hybridized carbons (Fsp3) is 0.176. The molecule has 2 aromatic carbocycles. The summed E-state index contributed by atoms with van der Waals surface area (Å²) in [5, 5.41) is 5.47. The summed E-state index contributed by atoms with van der Waals surface area (Å²) < 4.78 is 3.16. The molecule has 1 aromatic heterocycles. The Hall–Kier alpha value is -1.45. The molecule has 0 fully saturated rings. The van der Waals surface area contributed by atoms with Crippen LogP contribution in [0.2, 0.25) is 5.02 Å². The Kier molecular flexibility index (Phi) is 3.96. The number of halogens is 2. The second-order valence-corrected chi connectivity index (χ2v) is 6.39. The van der Waals surface area contributed by atoms with Gasteiger partial charge in [-0.15, -0.1) is 0 Å². The van der Waals surface area contributed by atoms with Crippen molar-refractivity contribution in [2.45, 2.75) is 13.5 Å². The number of fused-ring (bicyclic) bond motifs is 1. The van der Waals surface area contributed by atoms with Gasteiger partial charge in [-0.2, -0.15) is 0 Å². The largest absolute Gasteiger partial charge is 0.379 e. The average molecular weight is 364 g/mol. The van der Waals surface area contributed by atoms with E-state index < -0.39 is 0 Å². The SMILES string of the molecule is Cc1c(CNc2ccc(Br)c(Cl)c2)n(C)c2ccccc12. The molecule has 3 rings (SSSR count). The molecule has 108 valence electrons. The number of nitrogens with zero attached hydrogens (tertiary/aromatic N) is 1. The second kappa shape index (κ2) is 5.74. The number of para-hydroxylation sites is 1.